The normalized spacial score (nSPS) is 26.3. The Bertz CT molecular complexity index is 135. The molecule has 2 atom stereocenters. The number of hydrogen-bond acceptors (Lipinski definition) is 3. The summed E-state index contributed by atoms with van der Waals surface area (Å²) < 4.78 is 5.45. The molecule has 0 saturated carbocycles. The van der Waals surface area contributed by atoms with E-state index in [2.05, 4.69) is 18.9 Å². The van der Waals surface area contributed by atoms with Gasteiger partial charge < -0.3 is 15.4 Å². The Balaban J connectivity index is 2.24. The largest absolute Gasteiger partial charge is 0.380 e. The van der Waals surface area contributed by atoms with Crippen molar-refractivity contribution in [2.24, 2.45) is 11.7 Å². The van der Waals surface area contributed by atoms with E-state index in [-0.39, 0.29) is 0 Å². The summed E-state index contributed by atoms with van der Waals surface area (Å²) >= 11 is 0. The number of nitrogens with zero attached hydrogens (tertiary/aromatic N) is 1. The summed E-state index contributed by atoms with van der Waals surface area (Å²) in [6, 6.07) is 0.614. The average Bonchev–Trinajstić information content (AvgIpc) is 2.19. The molecule has 1 aliphatic heterocycles. The molecule has 0 aromatic rings. The highest BCUT2D eigenvalue weighted by atomic mass is 16.5. The molecule has 0 aromatic heterocycles. The highest BCUT2D eigenvalue weighted by molar-refractivity contribution is 4.73. The summed E-state index contributed by atoms with van der Waals surface area (Å²) in [7, 11) is 2.17. The van der Waals surface area contributed by atoms with Crippen LogP contribution < -0.4 is 5.73 Å². The third-order valence-electron chi connectivity index (χ3n) is 2.76. The summed E-state index contributed by atoms with van der Waals surface area (Å²) in [4.78, 5) is 2.39. The van der Waals surface area contributed by atoms with Crippen molar-refractivity contribution < 1.29 is 4.74 Å². The van der Waals surface area contributed by atoms with Gasteiger partial charge in [0.05, 0.1) is 6.61 Å². The molecule has 0 bridgehead atoms. The van der Waals surface area contributed by atoms with Crippen LogP contribution in [0.1, 0.15) is 19.8 Å². The van der Waals surface area contributed by atoms with Crippen molar-refractivity contribution in [2.75, 3.05) is 33.4 Å². The van der Waals surface area contributed by atoms with Gasteiger partial charge in [-0.3, -0.25) is 0 Å². The predicted octanol–water partition coefficient (Wildman–Crippen LogP) is 0.692. The Morgan fingerprint density at radius 3 is 2.92 bits per heavy atom. The fraction of sp³-hybridized carbons (Fsp3) is 1.00. The van der Waals surface area contributed by atoms with Gasteiger partial charge in [0.1, 0.15) is 0 Å². The van der Waals surface area contributed by atoms with Crippen LogP contribution >= 0.6 is 0 Å². The van der Waals surface area contributed by atoms with E-state index in [0.717, 1.165) is 26.3 Å². The minimum Gasteiger partial charge on any atom is -0.380 e. The van der Waals surface area contributed by atoms with Crippen LogP contribution in [0, 0.1) is 5.92 Å². The van der Waals surface area contributed by atoms with Crippen molar-refractivity contribution in [1.82, 2.24) is 4.90 Å². The molecule has 1 rings (SSSR count). The SMILES string of the molecule is CC(CN)CN(C)C1CCCOC1. The molecule has 0 amide bonds. The Kier molecular flexibility index (Phi) is 4.70. The molecule has 2 N–H and O–H groups in total. The zero-order valence-electron chi connectivity index (χ0n) is 8.83. The van der Waals surface area contributed by atoms with Gasteiger partial charge in [0, 0.05) is 19.2 Å². The van der Waals surface area contributed by atoms with Gasteiger partial charge in [-0.1, -0.05) is 6.92 Å². The van der Waals surface area contributed by atoms with Crippen molar-refractivity contribution in [2.45, 2.75) is 25.8 Å². The molecule has 1 saturated heterocycles. The fourth-order valence-electron chi connectivity index (χ4n) is 1.79. The quantitative estimate of drug-likeness (QED) is 0.702. The van der Waals surface area contributed by atoms with Crippen molar-refractivity contribution in [3.63, 3.8) is 0 Å². The molecule has 3 heteroatoms. The van der Waals surface area contributed by atoms with E-state index in [4.69, 9.17) is 10.5 Å². The number of ether oxygens (including phenoxy) is 1. The molecular weight excluding hydrogens is 164 g/mol. The summed E-state index contributed by atoms with van der Waals surface area (Å²) in [5.41, 5.74) is 5.59. The molecule has 0 spiro atoms. The van der Waals surface area contributed by atoms with E-state index in [1.165, 1.54) is 12.8 Å². The number of rotatable bonds is 4. The van der Waals surface area contributed by atoms with Crippen molar-refractivity contribution in [1.29, 1.82) is 0 Å². The lowest BCUT2D eigenvalue weighted by molar-refractivity contribution is 0.0237. The molecule has 1 fully saturated rings. The number of likely N-dealkylation sites (N-methyl/N-ethyl adjacent to an activating group) is 1. The van der Waals surface area contributed by atoms with E-state index < -0.39 is 0 Å². The predicted molar refractivity (Wildman–Crippen MR) is 54.7 cm³/mol. The third-order valence-corrected chi connectivity index (χ3v) is 2.76. The Morgan fingerprint density at radius 1 is 1.62 bits per heavy atom. The number of nitrogens with two attached hydrogens (primary N) is 1. The summed E-state index contributed by atoms with van der Waals surface area (Å²) in [6.45, 7) is 5.90. The minimum absolute atomic E-state index is 0.590. The van der Waals surface area contributed by atoms with Gasteiger partial charge in [0.2, 0.25) is 0 Å². The Morgan fingerprint density at radius 2 is 2.38 bits per heavy atom. The molecule has 13 heavy (non-hydrogen) atoms. The first-order valence-electron chi connectivity index (χ1n) is 5.22. The lowest BCUT2D eigenvalue weighted by Crippen LogP contribution is -2.41. The first kappa shape index (κ1) is 11.0. The van der Waals surface area contributed by atoms with Gasteiger partial charge in [-0.05, 0) is 32.4 Å². The van der Waals surface area contributed by atoms with Crippen LogP contribution in [0.5, 0.6) is 0 Å². The molecule has 1 aliphatic rings. The van der Waals surface area contributed by atoms with E-state index in [1.807, 2.05) is 0 Å². The molecule has 0 aromatic carbocycles. The molecule has 2 unspecified atom stereocenters. The van der Waals surface area contributed by atoms with Crippen LogP contribution in [-0.4, -0.2) is 44.3 Å². The van der Waals surface area contributed by atoms with E-state index >= 15 is 0 Å². The topological polar surface area (TPSA) is 38.5 Å². The average molecular weight is 186 g/mol. The number of hydrogen-bond donors (Lipinski definition) is 1. The van der Waals surface area contributed by atoms with Crippen LogP contribution in [0.25, 0.3) is 0 Å². The zero-order valence-corrected chi connectivity index (χ0v) is 8.83. The van der Waals surface area contributed by atoms with Gasteiger partial charge in [-0.2, -0.15) is 0 Å². The minimum atomic E-state index is 0.590. The maximum absolute atomic E-state index is 5.59. The summed E-state index contributed by atoms with van der Waals surface area (Å²) in [6.07, 6.45) is 2.47. The zero-order chi connectivity index (χ0) is 9.68. The molecule has 0 aliphatic carbocycles. The Labute approximate surface area is 81.2 Å². The van der Waals surface area contributed by atoms with Crippen LogP contribution in [-0.2, 0) is 4.74 Å². The van der Waals surface area contributed by atoms with Crippen LogP contribution in [0.4, 0.5) is 0 Å². The molecule has 0 radical (unpaired) electrons. The van der Waals surface area contributed by atoms with E-state index in [9.17, 15) is 0 Å². The maximum Gasteiger partial charge on any atom is 0.0621 e. The van der Waals surface area contributed by atoms with Crippen LogP contribution in [0.15, 0.2) is 0 Å². The van der Waals surface area contributed by atoms with Crippen molar-refractivity contribution >= 4 is 0 Å². The molecule has 78 valence electrons. The fourth-order valence-corrected chi connectivity index (χ4v) is 1.79. The standard InChI is InChI=1S/C10H22N2O/c1-9(6-11)7-12(2)10-4-3-5-13-8-10/h9-10H,3-8,11H2,1-2H3. The summed E-state index contributed by atoms with van der Waals surface area (Å²) in [5, 5.41) is 0. The monoisotopic (exact) mass is 186 g/mol. The van der Waals surface area contributed by atoms with Crippen molar-refractivity contribution in [3.05, 3.63) is 0 Å². The van der Waals surface area contributed by atoms with E-state index in [0.29, 0.717) is 12.0 Å². The smallest absolute Gasteiger partial charge is 0.0621 e. The highest BCUT2D eigenvalue weighted by Gasteiger charge is 2.19. The van der Waals surface area contributed by atoms with Gasteiger partial charge in [-0.15, -0.1) is 0 Å². The molecular formula is C10H22N2O. The lowest BCUT2D eigenvalue weighted by atomic mass is 10.1. The van der Waals surface area contributed by atoms with Gasteiger partial charge >= 0.3 is 0 Å². The molecule has 3 nitrogen and oxygen atoms in total. The second-order valence-corrected chi connectivity index (χ2v) is 4.15. The second-order valence-electron chi connectivity index (χ2n) is 4.15. The van der Waals surface area contributed by atoms with E-state index in [1.54, 1.807) is 0 Å². The van der Waals surface area contributed by atoms with Gasteiger partial charge in [0.25, 0.3) is 0 Å². The van der Waals surface area contributed by atoms with Gasteiger partial charge in [-0.25, -0.2) is 0 Å². The van der Waals surface area contributed by atoms with Gasteiger partial charge in [0.15, 0.2) is 0 Å². The van der Waals surface area contributed by atoms with Crippen LogP contribution in [0.2, 0.25) is 0 Å². The Hall–Kier alpha value is -0.120. The third kappa shape index (κ3) is 3.63. The second kappa shape index (κ2) is 5.58. The first-order valence-corrected chi connectivity index (χ1v) is 5.22. The lowest BCUT2D eigenvalue weighted by Gasteiger charge is -2.32. The highest BCUT2D eigenvalue weighted by Crippen LogP contribution is 2.12. The van der Waals surface area contributed by atoms with Crippen molar-refractivity contribution in [3.8, 4) is 0 Å². The maximum atomic E-state index is 5.59. The summed E-state index contributed by atoms with van der Waals surface area (Å²) in [5.74, 6) is 0.590. The first-order chi connectivity index (χ1) is 6.24. The van der Waals surface area contributed by atoms with Crippen LogP contribution in [0.3, 0.4) is 0 Å². The molecule has 1 heterocycles.